The molecule has 0 saturated carbocycles. The Morgan fingerprint density at radius 3 is 2.80 bits per heavy atom. The predicted molar refractivity (Wildman–Crippen MR) is 94.6 cm³/mol. The number of rotatable bonds is 5. The highest BCUT2D eigenvalue weighted by atomic mass is 19.1. The standard InChI is InChI=1S/C20H23FN2O2/c1-13(11-19(24)14-5-3-2-4-6-14)22-20(25)23-18-10-7-15-12-16(21)8-9-17(15)18/h2-6,8-9,12-13,18-19,24H,7,10-11H2,1H3,(H2,22,23,25). The van der Waals surface area contributed by atoms with E-state index in [1.807, 2.05) is 37.3 Å². The summed E-state index contributed by atoms with van der Waals surface area (Å²) in [5, 5.41) is 16.0. The summed E-state index contributed by atoms with van der Waals surface area (Å²) in [6.07, 6.45) is 1.35. The number of hydrogen-bond donors (Lipinski definition) is 3. The normalized spacial score (nSPS) is 18.3. The fraction of sp³-hybridized carbons (Fsp3) is 0.350. The maximum atomic E-state index is 13.3. The van der Waals surface area contributed by atoms with Crippen LogP contribution in [0, 0.1) is 5.82 Å². The van der Waals surface area contributed by atoms with Gasteiger partial charge in [0.25, 0.3) is 0 Å². The quantitative estimate of drug-likeness (QED) is 0.777. The lowest BCUT2D eigenvalue weighted by Gasteiger charge is -2.20. The molecule has 0 spiro atoms. The number of amides is 2. The van der Waals surface area contributed by atoms with E-state index in [1.165, 1.54) is 12.1 Å². The topological polar surface area (TPSA) is 61.4 Å². The zero-order chi connectivity index (χ0) is 17.8. The van der Waals surface area contributed by atoms with Gasteiger partial charge in [-0.2, -0.15) is 0 Å². The van der Waals surface area contributed by atoms with Gasteiger partial charge in [0, 0.05) is 6.04 Å². The molecule has 0 fully saturated rings. The molecular formula is C20H23FN2O2. The number of aryl methyl sites for hydroxylation is 1. The molecule has 2 amide bonds. The van der Waals surface area contributed by atoms with E-state index in [-0.39, 0.29) is 23.9 Å². The first-order valence-electron chi connectivity index (χ1n) is 8.61. The molecule has 0 aliphatic heterocycles. The summed E-state index contributed by atoms with van der Waals surface area (Å²) < 4.78 is 13.3. The summed E-state index contributed by atoms with van der Waals surface area (Å²) in [4.78, 5) is 12.2. The van der Waals surface area contributed by atoms with Crippen molar-refractivity contribution in [2.75, 3.05) is 0 Å². The van der Waals surface area contributed by atoms with Gasteiger partial charge in [-0.1, -0.05) is 36.4 Å². The van der Waals surface area contributed by atoms with E-state index in [4.69, 9.17) is 0 Å². The van der Waals surface area contributed by atoms with Crippen molar-refractivity contribution in [3.63, 3.8) is 0 Å². The SMILES string of the molecule is CC(CC(O)c1ccccc1)NC(=O)NC1CCc2cc(F)ccc21. The van der Waals surface area contributed by atoms with E-state index in [0.29, 0.717) is 6.42 Å². The molecule has 1 aliphatic carbocycles. The number of hydrogen-bond acceptors (Lipinski definition) is 2. The fourth-order valence-electron chi connectivity index (χ4n) is 3.36. The molecule has 0 bridgehead atoms. The van der Waals surface area contributed by atoms with Crippen LogP contribution in [-0.2, 0) is 6.42 Å². The summed E-state index contributed by atoms with van der Waals surface area (Å²) >= 11 is 0. The minimum Gasteiger partial charge on any atom is -0.388 e. The Balaban J connectivity index is 1.51. The van der Waals surface area contributed by atoms with Crippen molar-refractivity contribution in [3.05, 3.63) is 71.0 Å². The van der Waals surface area contributed by atoms with Gasteiger partial charge in [0.2, 0.25) is 0 Å². The molecule has 0 heterocycles. The van der Waals surface area contributed by atoms with Gasteiger partial charge in [0.15, 0.2) is 0 Å². The van der Waals surface area contributed by atoms with E-state index >= 15 is 0 Å². The Hall–Kier alpha value is -2.40. The molecule has 2 aromatic rings. The smallest absolute Gasteiger partial charge is 0.315 e. The number of urea groups is 1. The lowest BCUT2D eigenvalue weighted by Crippen LogP contribution is -2.42. The van der Waals surface area contributed by atoms with Crippen molar-refractivity contribution in [2.24, 2.45) is 0 Å². The van der Waals surface area contributed by atoms with Gasteiger partial charge >= 0.3 is 6.03 Å². The summed E-state index contributed by atoms with van der Waals surface area (Å²) in [5.41, 5.74) is 2.77. The summed E-state index contributed by atoms with van der Waals surface area (Å²) in [5.74, 6) is -0.243. The predicted octanol–water partition coefficient (Wildman–Crippen LogP) is 3.62. The molecule has 3 atom stereocenters. The van der Waals surface area contributed by atoms with Crippen molar-refractivity contribution in [3.8, 4) is 0 Å². The first-order chi connectivity index (χ1) is 12.0. The van der Waals surface area contributed by atoms with E-state index in [1.54, 1.807) is 6.07 Å². The molecule has 0 saturated heterocycles. The second-order valence-electron chi connectivity index (χ2n) is 6.62. The number of carbonyl (C=O) groups is 1. The molecule has 5 heteroatoms. The largest absolute Gasteiger partial charge is 0.388 e. The van der Waals surface area contributed by atoms with Gasteiger partial charge in [-0.15, -0.1) is 0 Å². The van der Waals surface area contributed by atoms with Gasteiger partial charge in [-0.05, 0) is 55.0 Å². The van der Waals surface area contributed by atoms with Crippen LogP contribution in [0.15, 0.2) is 48.5 Å². The number of aliphatic hydroxyl groups is 1. The Bertz CT molecular complexity index is 736. The minimum atomic E-state index is -0.619. The Morgan fingerprint density at radius 1 is 1.28 bits per heavy atom. The van der Waals surface area contributed by atoms with Crippen LogP contribution in [0.5, 0.6) is 0 Å². The molecule has 3 unspecified atom stereocenters. The van der Waals surface area contributed by atoms with Crippen LogP contribution in [-0.4, -0.2) is 17.2 Å². The third-order valence-electron chi connectivity index (χ3n) is 4.63. The number of halogens is 1. The van der Waals surface area contributed by atoms with Crippen molar-refractivity contribution >= 4 is 6.03 Å². The second kappa shape index (κ2) is 7.66. The first-order valence-corrected chi connectivity index (χ1v) is 8.61. The highest BCUT2D eigenvalue weighted by molar-refractivity contribution is 5.75. The zero-order valence-corrected chi connectivity index (χ0v) is 14.2. The Labute approximate surface area is 147 Å². The van der Waals surface area contributed by atoms with Gasteiger partial charge in [-0.25, -0.2) is 9.18 Å². The van der Waals surface area contributed by atoms with Crippen LogP contribution in [0.25, 0.3) is 0 Å². The third-order valence-corrected chi connectivity index (χ3v) is 4.63. The molecule has 25 heavy (non-hydrogen) atoms. The number of fused-ring (bicyclic) bond motifs is 1. The Kier molecular flexibility index (Phi) is 5.34. The van der Waals surface area contributed by atoms with Crippen LogP contribution in [0.2, 0.25) is 0 Å². The van der Waals surface area contributed by atoms with E-state index in [0.717, 1.165) is 29.5 Å². The molecule has 0 radical (unpaired) electrons. The van der Waals surface area contributed by atoms with Gasteiger partial charge in [0.1, 0.15) is 5.82 Å². The van der Waals surface area contributed by atoms with Crippen LogP contribution >= 0.6 is 0 Å². The average Bonchev–Trinajstić information content (AvgIpc) is 2.97. The average molecular weight is 342 g/mol. The molecule has 3 N–H and O–H groups in total. The maximum absolute atomic E-state index is 13.3. The molecule has 2 aromatic carbocycles. The van der Waals surface area contributed by atoms with Crippen molar-refractivity contribution in [1.29, 1.82) is 0 Å². The molecular weight excluding hydrogens is 319 g/mol. The van der Waals surface area contributed by atoms with Gasteiger partial charge in [-0.3, -0.25) is 0 Å². The highest BCUT2D eigenvalue weighted by Crippen LogP contribution is 2.31. The molecule has 4 nitrogen and oxygen atoms in total. The third kappa shape index (κ3) is 4.37. The van der Waals surface area contributed by atoms with Gasteiger partial charge in [0.05, 0.1) is 12.1 Å². The van der Waals surface area contributed by atoms with Crippen LogP contribution in [0.4, 0.5) is 9.18 Å². The Morgan fingerprint density at radius 2 is 2.04 bits per heavy atom. The minimum absolute atomic E-state index is 0.0955. The monoisotopic (exact) mass is 342 g/mol. The summed E-state index contributed by atoms with van der Waals surface area (Å²) in [6, 6.07) is 13.6. The first kappa shape index (κ1) is 17.4. The van der Waals surface area contributed by atoms with Crippen LogP contribution in [0.3, 0.4) is 0 Å². The second-order valence-corrected chi connectivity index (χ2v) is 6.62. The van der Waals surface area contributed by atoms with Crippen LogP contribution < -0.4 is 10.6 Å². The maximum Gasteiger partial charge on any atom is 0.315 e. The number of benzene rings is 2. The lowest BCUT2D eigenvalue weighted by molar-refractivity contribution is 0.154. The van der Waals surface area contributed by atoms with E-state index < -0.39 is 6.10 Å². The number of carbonyl (C=O) groups excluding carboxylic acids is 1. The fourth-order valence-corrected chi connectivity index (χ4v) is 3.36. The summed E-state index contributed by atoms with van der Waals surface area (Å²) in [7, 11) is 0. The molecule has 0 aromatic heterocycles. The number of aliphatic hydroxyl groups excluding tert-OH is 1. The summed E-state index contributed by atoms with van der Waals surface area (Å²) in [6.45, 7) is 1.86. The molecule has 1 aliphatic rings. The van der Waals surface area contributed by atoms with Crippen LogP contribution in [0.1, 0.15) is 48.6 Å². The lowest BCUT2D eigenvalue weighted by atomic mass is 10.0. The van der Waals surface area contributed by atoms with E-state index in [9.17, 15) is 14.3 Å². The highest BCUT2D eigenvalue weighted by Gasteiger charge is 2.25. The van der Waals surface area contributed by atoms with E-state index in [2.05, 4.69) is 10.6 Å². The van der Waals surface area contributed by atoms with Crippen molar-refractivity contribution in [2.45, 2.75) is 44.4 Å². The van der Waals surface area contributed by atoms with Crippen molar-refractivity contribution in [1.82, 2.24) is 10.6 Å². The number of nitrogens with one attached hydrogen (secondary N) is 2. The van der Waals surface area contributed by atoms with Crippen molar-refractivity contribution < 1.29 is 14.3 Å². The molecule has 3 rings (SSSR count). The zero-order valence-electron chi connectivity index (χ0n) is 14.2. The molecule has 132 valence electrons. The van der Waals surface area contributed by atoms with Gasteiger partial charge < -0.3 is 15.7 Å².